The van der Waals surface area contributed by atoms with Gasteiger partial charge in [-0.05, 0) is 87.5 Å². The normalized spacial score (nSPS) is 16.4. The van der Waals surface area contributed by atoms with Crippen LogP contribution in [-0.2, 0) is 0 Å². The number of benzene rings is 6. The van der Waals surface area contributed by atoms with Gasteiger partial charge in [-0.2, -0.15) is 0 Å². The van der Waals surface area contributed by atoms with E-state index in [2.05, 4.69) is 180 Å². The number of hydrogen-bond acceptors (Lipinski definition) is 2. The summed E-state index contributed by atoms with van der Waals surface area (Å²) >= 11 is 0. The zero-order chi connectivity index (χ0) is 29.3. The first-order valence-corrected chi connectivity index (χ1v) is 15.3. The molecule has 2 aliphatic rings. The van der Waals surface area contributed by atoms with E-state index in [1.807, 2.05) is 6.07 Å². The van der Waals surface area contributed by atoms with Gasteiger partial charge < -0.3 is 10.2 Å². The fraction of sp³-hybridized carbons (Fsp3) is 0.0476. The molecule has 0 saturated heterocycles. The summed E-state index contributed by atoms with van der Waals surface area (Å²) in [5.74, 6) is 0.350. The first kappa shape index (κ1) is 26.1. The van der Waals surface area contributed by atoms with Crippen LogP contribution in [0.1, 0.15) is 11.5 Å². The molecule has 0 bridgehead atoms. The van der Waals surface area contributed by atoms with E-state index < -0.39 is 0 Å². The van der Waals surface area contributed by atoms with Crippen molar-refractivity contribution in [1.82, 2.24) is 0 Å². The van der Waals surface area contributed by atoms with Crippen LogP contribution >= 0.6 is 0 Å². The lowest BCUT2D eigenvalue weighted by Crippen LogP contribution is -2.28. The van der Waals surface area contributed by atoms with Crippen molar-refractivity contribution in [3.63, 3.8) is 0 Å². The summed E-state index contributed by atoms with van der Waals surface area (Å²) in [6, 6.07) is 54.7. The molecule has 8 rings (SSSR count). The van der Waals surface area contributed by atoms with Crippen LogP contribution in [0.2, 0.25) is 0 Å². The maximum atomic E-state index is 3.53. The Balaban J connectivity index is 0.993. The van der Waals surface area contributed by atoms with Crippen molar-refractivity contribution in [3.05, 3.63) is 182 Å². The van der Waals surface area contributed by atoms with E-state index in [9.17, 15) is 0 Å². The molecule has 6 aromatic rings. The van der Waals surface area contributed by atoms with Gasteiger partial charge in [0, 0.05) is 28.7 Å². The number of para-hydroxylation sites is 1. The molecular weight excluding hydrogens is 532 g/mol. The van der Waals surface area contributed by atoms with Crippen molar-refractivity contribution in [2.45, 2.75) is 12.0 Å². The Morgan fingerprint density at radius 1 is 0.432 bits per heavy atom. The average Bonchev–Trinajstić information content (AvgIpc) is 3.44. The minimum Gasteiger partial charge on any atom is -0.356 e. The maximum absolute atomic E-state index is 3.53. The minimum atomic E-state index is 0.307. The number of anilines is 4. The molecule has 0 fully saturated rings. The monoisotopic (exact) mass is 564 g/mol. The van der Waals surface area contributed by atoms with Crippen molar-refractivity contribution in [3.8, 4) is 33.4 Å². The van der Waals surface area contributed by atoms with Gasteiger partial charge in [0.1, 0.15) is 0 Å². The van der Waals surface area contributed by atoms with Gasteiger partial charge in [-0.3, -0.25) is 0 Å². The predicted octanol–water partition coefficient (Wildman–Crippen LogP) is 11.2. The van der Waals surface area contributed by atoms with Crippen LogP contribution < -0.4 is 10.2 Å². The maximum Gasteiger partial charge on any atom is 0.0629 e. The Hall–Kier alpha value is -5.60. The van der Waals surface area contributed by atoms with Crippen LogP contribution in [0.3, 0.4) is 0 Å². The number of nitrogens with zero attached hydrogens (tertiary/aromatic N) is 1. The number of allylic oxidation sites excluding steroid dienone is 2. The van der Waals surface area contributed by atoms with Gasteiger partial charge >= 0.3 is 0 Å². The van der Waals surface area contributed by atoms with Crippen molar-refractivity contribution in [2.75, 3.05) is 10.2 Å². The highest BCUT2D eigenvalue weighted by atomic mass is 15.2. The molecule has 2 heteroatoms. The summed E-state index contributed by atoms with van der Waals surface area (Å²) in [6.07, 6.45) is 9.03. The van der Waals surface area contributed by atoms with Gasteiger partial charge in [-0.25, -0.2) is 0 Å². The van der Waals surface area contributed by atoms with Crippen LogP contribution in [0.4, 0.5) is 22.7 Å². The largest absolute Gasteiger partial charge is 0.356 e. The Bertz CT molecular complexity index is 1950. The fourth-order valence-electron chi connectivity index (χ4n) is 6.55. The summed E-state index contributed by atoms with van der Waals surface area (Å²) in [7, 11) is 0. The standard InChI is InChI=1S/C42H32N2/c1-3-9-30(10-4-1)32-19-24-36(25-20-32)43-37-26-21-33(22-27-37)31-15-17-34(18-16-31)35-23-28-42-40(29-35)39-13-7-8-14-41(39)44(42)38-11-5-2-6-12-38/h1-29,39,41,43H. The molecule has 1 aliphatic carbocycles. The summed E-state index contributed by atoms with van der Waals surface area (Å²) in [6.45, 7) is 0. The van der Waals surface area contributed by atoms with E-state index in [-0.39, 0.29) is 0 Å². The summed E-state index contributed by atoms with van der Waals surface area (Å²) in [5.41, 5.74) is 13.4. The van der Waals surface area contributed by atoms with Gasteiger partial charge in [-0.15, -0.1) is 0 Å². The van der Waals surface area contributed by atoms with Crippen molar-refractivity contribution >= 4 is 22.7 Å². The van der Waals surface area contributed by atoms with E-state index in [1.54, 1.807) is 0 Å². The molecule has 2 nitrogen and oxygen atoms in total. The van der Waals surface area contributed by atoms with Gasteiger partial charge in [0.25, 0.3) is 0 Å². The number of nitrogens with one attached hydrogen (secondary N) is 1. The second kappa shape index (κ2) is 11.2. The highest BCUT2D eigenvalue weighted by molar-refractivity contribution is 5.80. The Kier molecular flexibility index (Phi) is 6.66. The third-order valence-electron chi connectivity index (χ3n) is 8.80. The second-order valence-electron chi connectivity index (χ2n) is 11.5. The highest BCUT2D eigenvalue weighted by Crippen LogP contribution is 2.48. The Morgan fingerprint density at radius 2 is 0.909 bits per heavy atom. The first-order valence-electron chi connectivity index (χ1n) is 15.3. The SMILES string of the molecule is C1=CC2c3cc(-c4ccc(-c5ccc(Nc6ccc(-c7ccccc7)cc6)cc5)cc4)ccc3N(c3ccccc3)C2C=C1. The molecule has 2 unspecified atom stereocenters. The molecule has 2 atom stereocenters. The van der Waals surface area contributed by atoms with E-state index in [1.165, 1.54) is 50.3 Å². The fourth-order valence-corrected chi connectivity index (χ4v) is 6.55. The molecular formula is C42H32N2. The molecule has 0 amide bonds. The quantitative estimate of drug-likeness (QED) is 0.216. The zero-order valence-electron chi connectivity index (χ0n) is 24.3. The van der Waals surface area contributed by atoms with Crippen molar-refractivity contribution in [1.29, 1.82) is 0 Å². The van der Waals surface area contributed by atoms with Crippen LogP contribution in [0.25, 0.3) is 33.4 Å². The lowest BCUT2D eigenvalue weighted by molar-refractivity contribution is 0.745. The van der Waals surface area contributed by atoms with E-state index in [0.717, 1.165) is 11.4 Å². The molecule has 6 aromatic carbocycles. The molecule has 0 spiro atoms. The Labute approximate surface area is 259 Å². The summed E-state index contributed by atoms with van der Waals surface area (Å²) in [4.78, 5) is 2.48. The molecule has 0 saturated carbocycles. The molecule has 0 radical (unpaired) electrons. The molecule has 44 heavy (non-hydrogen) atoms. The van der Waals surface area contributed by atoms with Crippen molar-refractivity contribution < 1.29 is 0 Å². The number of rotatable bonds is 6. The smallest absolute Gasteiger partial charge is 0.0629 e. The molecule has 1 aliphatic heterocycles. The highest BCUT2D eigenvalue weighted by Gasteiger charge is 2.37. The molecule has 1 N–H and O–H groups in total. The number of fused-ring (bicyclic) bond motifs is 3. The van der Waals surface area contributed by atoms with Gasteiger partial charge in [-0.1, -0.05) is 127 Å². The van der Waals surface area contributed by atoms with Gasteiger partial charge in [0.2, 0.25) is 0 Å². The zero-order valence-corrected chi connectivity index (χ0v) is 24.3. The van der Waals surface area contributed by atoms with E-state index in [4.69, 9.17) is 0 Å². The summed E-state index contributed by atoms with van der Waals surface area (Å²) < 4.78 is 0. The van der Waals surface area contributed by atoms with Gasteiger partial charge in [0.05, 0.1) is 6.04 Å². The first-order chi connectivity index (χ1) is 21.8. The van der Waals surface area contributed by atoms with Gasteiger partial charge in [0.15, 0.2) is 0 Å². The summed E-state index contributed by atoms with van der Waals surface area (Å²) in [5, 5.41) is 3.53. The third kappa shape index (κ3) is 4.91. The van der Waals surface area contributed by atoms with E-state index in [0.29, 0.717) is 12.0 Å². The molecule has 1 heterocycles. The Morgan fingerprint density at radius 3 is 1.52 bits per heavy atom. The van der Waals surface area contributed by atoms with Crippen LogP contribution in [-0.4, -0.2) is 6.04 Å². The predicted molar refractivity (Wildman–Crippen MR) is 186 cm³/mol. The topological polar surface area (TPSA) is 15.3 Å². The van der Waals surface area contributed by atoms with Crippen LogP contribution in [0.15, 0.2) is 176 Å². The van der Waals surface area contributed by atoms with E-state index >= 15 is 0 Å². The minimum absolute atomic E-state index is 0.307. The van der Waals surface area contributed by atoms with Crippen LogP contribution in [0.5, 0.6) is 0 Å². The molecule has 210 valence electrons. The lowest BCUT2D eigenvalue weighted by Gasteiger charge is -2.28. The molecule has 0 aromatic heterocycles. The number of hydrogen-bond donors (Lipinski definition) is 1. The average molecular weight is 565 g/mol. The lowest BCUT2D eigenvalue weighted by atomic mass is 9.89. The second-order valence-corrected chi connectivity index (χ2v) is 11.5. The third-order valence-corrected chi connectivity index (χ3v) is 8.80. The van der Waals surface area contributed by atoms with Crippen molar-refractivity contribution in [2.24, 2.45) is 0 Å². The van der Waals surface area contributed by atoms with Crippen LogP contribution in [0, 0.1) is 0 Å².